The molecule has 0 amide bonds. The molecule has 4 aromatic rings. The molecule has 0 aliphatic heterocycles. The molecule has 4 N–H and O–H groups in total. The van der Waals surface area contributed by atoms with Gasteiger partial charge in [0.15, 0.2) is 0 Å². The fraction of sp³-hybridized carbons (Fsp3) is 0.174. The molecule has 0 radical (unpaired) electrons. The van der Waals surface area contributed by atoms with E-state index in [1.165, 1.54) is 11.1 Å². The van der Waals surface area contributed by atoms with E-state index in [2.05, 4.69) is 54.8 Å². The molecule has 0 unspecified atom stereocenters. The first-order valence-electron chi connectivity index (χ1n) is 9.36. The summed E-state index contributed by atoms with van der Waals surface area (Å²) in [6, 6.07) is 18.4. The van der Waals surface area contributed by atoms with Crippen LogP contribution in [0, 0.1) is 13.8 Å². The van der Waals surface area contributed by atoms with Gasteiger partial charge in [0.1, 0.15) is 0 Å². The van der Waals surface area contributed by atoms with Crippen LogP contribution in [0.2, 0.25) is 5.02 Å². The number of fused-ring (bicyclic) bond motifs is 2. The molecule has 0 aliphatic rings. The average Bonchev–Trinajstić information content (AvgIpc) is 2.68. The fourth-order valence-corrected chi connectivity index (χ4v) is 3.54. The van der Waals surface area contributed by atoms with E-state index in [0.717, 1.165) is 38.9 Å². The molecule has 0 spiro atoms. The van der Waals surface area contributed by atoms with Crippen molar-refractivity contribution >= 4 is 50.5 Å². The van der Waals surface area contributed by atoms with E-state index in [1.807, 2.05) is 24.3 Å². The molecule has 3 aromatic carbocycles. The minimum absolute atomic E-state index is 0.548. The molecule has 0 aliphatic carbocycles. The van der Waals surface area contributed by atoms with Crippen LogP contribution in [0.25, 0.3) is 21.8 Å². The zero-order chi connectivity index (χ0) is 19.7. The Balaban J connectivity index is 1.84. The molecule has 0 fully saturated rings. The Morgan fingerprint density at radius 2 is 1.54 bits per heavy atom. The number of hydrogen-bond acceptors (Lipinski definition) is 4. The van der Waals surface area contributed by atoms with Gasteiger partial charge in [0, 0.05) is 40.3 Å². The lowest BCUT2D eigenvalue weighted by molar-refractivity contribution is 1.03. The van der Waals surface area contributed by atoms with Gasteiger partial charge >= 0.3 is 0 Å². The summed E-state index contributed by atoms with van der Waals surface area (Å²) in [5, 5.41) is 9.69. The third-order valence-corrected chi connectivity index (χ3v) is 5.21. The molecular formula is C23H23ClN4. The number of pyridine rings is 1. The van der Waals surface area contributed by atoms with E-state index in [4.69, 9.17) is 22.3 Å². The molecule has 4 nitrogen and oxygen atoms in total. The highest BCUT2D eigenvalue weighted by atomic mass is 35.5. The van der Waals surface area contributed by atoms with Crippen LogP contribution in [-0.2, 0) is 0 Å². The normalized spacial score (nSPS) is 11.1. The van der Waals surface area contributed by atoms with Gasteiger partial charge in [-0.2, -0.15) is 0 Å². The summed E-state index contributed by atoms with van der Waals surface area (Å²) < 4.78 is 0. The van der Waals surface area contributed by atoms with Crippen molar-refractivity contribution in [3.8, 4) is 0 Å². The van der Waals surface area contributed by atoms with Crippen LogP contribution in [0.15, 0.2) is 54.6 Å². The number of hydrogen-bond donors (Lipinski definition) is 3. The summed E-state index contributed by atoms with van der Waals surface area (Å²) >= 11 is 6.25. The van der Waals surface area contributed by atoms with Gasteiger partial charge in [-0.15, -0.1) is 0 Å². The van der Waals surface area contributed by atoms with Crippen molar-refractivity contribution in [2.24, 2.45) is 5.73 Å². The molecule has 1 aromatic heterocycles. The van der Waals surface area contributed by atoms with Crippen molar-refractivity contribution in [1.82, 2.24) is 4.98 Å². The molecule has 5 heteroatoms. The van der Waals surface area contributed by atoms with Crippen molar-refractivity contribution in [3.05, 3.63) is 70.7 Å². The first kappa shape index (κ1) is 18.5. The fourth-order valence-electron chi connectivity index (χ4n) is 3.37. The van der Waals surface area contributed by atoms with Gasteiger partial charge in [0.25, 0.3) is 0 Å². The number of aryl methyl sites for hydroxylation is 2. The van der Waals surface area contributed by atoms with Gasteiger partial charge in [0.2, 0.25) is 0 Å². The predicted molar refractivity (Wildman–Crippen MR) is 121 cm³/mol. The SMILES string of the molecule is Cc1ccc(Nc2ccc3nc4ccc(Cl)cc4c(NCCN)c3c2)cc1C. The minimum Gasteiger partial charge on any atom is -0.383 e. The Bertz CT molecular complexity index is 1170. The Kier molecular flexibility index (Phi) is 5.07. The van der Waals surface area contributed by atoms with Gasteiger partial charge in [-0.3, -0.25) is 0 Å². The molecule has 142 valence electrons. The lowest BCUT2D eigenvalue weighted by Crippen LogP contribution is -2.13. The molecule has 0 bridgehead atoms. The maximum absolute atomic E-state index is 6.25. The highest BCUT2D eigenvalue weighted by molar-refractivity contribution is 6.31. The van der Waals surface area contributed by atoms with E-state index in [-0.39, 0.29) is 0 Å². The zero-order valence-electron chi connectivity index (χ0n) is 16.0. The van der Waals surface area contributed by atoms with Crippen molar-refractivity contribution in [1.29, 1.82) is 0 Å². The Labute approximate surface area is 169 Å². The van der Waals surface area contributed by atoms with Crippen LogP contribution in [-0.4, -0.2) is 18.1 Å². The second-order valence-electron chi connectivity index (χ2n) is 7.02. The van der Waals surface area contributed by atoms with Gasteiger partial charge in [-0.1, -0.05) is 17.7 Å². The maximum Gasteiger partial charge on any atom is 0.0732 e. The van der Waals surface area contributed by atoms with Crippen molar-refractivity contribution in [3.63, 3.8) is 0 Å². The summed E-state index contributed by atoms with van der Waals surface area (Å²) in [4.78, 5) is 4.80. The molecule has 0 atom stereocenters. The lowest BCUT2D eigenvalue weighted by Gasteiger charge is -2.15. The standard InChI is InChI=1S/C23H23ClN4/c1-14-3-5-17(11-15(14)2)27-18-6-8-22-20(13-18)23(26-10-9-25)19-12-16(24)4-7-21(19)28-22/h3-8,11-13,27H,9-10,25H2,1-2H3,(H,26,28). The van der Waals surface area contributed by atoms with Gasteiger partial charge < -0.3 is 16.4 Å². The summed E-state index contributed by atoms with van der Waals surface area (Å²) in [6.45, 7) is 5.46. The van der Waals surface area contributed by atoms with E-state index in [0.29, 0.717) is 18.1 Å². The number of aromatic nitrogens is 1. The van der Waals surface area contributed by atoms with Crippen LogP contribution in [0.1, 0.15) is 11.1 Å². The number of rotatable bonds is 5. The number of nitrogens with zero attached hydrogens (tertiary/aromatic N) is 1. The topological polar surface area (TPSA) is 63.0 Å². The summed E-state index contributed by atoms with van der Waals surface area (Å²) in [6.07, 6.45) is 0. The van der Waals surface area contributed by atoms with Crippen LogP contribution in [0.4, 0.5) is 17.1 Å². The van der Waals surface area contributed by atoms with Gasteiger partial charge in [-0.05, 0) is 73.5 Å². The number of anilines is 3. The summed E-state index contributed by atoms with van der Waals surface area (Å²) in [5.41, 5.74) is 13.2. The molecule has 1 heterocycles. The molecular weight excluding hydrogens is 368 g/mol. The summed E-state index contributed by atoms with van der Waals surface area (Å²) in [7, 11) is 0. The summed E-state index contributed by atoms with van der Waals surface area (Å²) in [5.74, 6) is 0. The monoisotopic (exact) mass is 390 g/mol. The van der Waals surface area contributed by atoms with E-state index in [1.54, 1.807) is 0 Å². The van der Waals surface area contributed by atoms with Crippen molar-refractivity contribution in [2.75, 3.05) is 23.7 Å². The van der Waals surface area contributed by atoms with Crippen molar-refractivity contribution < 1.29 is 0 Å². The first-order chi connectivity index (χ1) is 13.5. The Morgan fingerprint density at radius 1 is 0.857 bits per heavy atom. The van der Waals surface area contributed by atoms with Gasteiger partial charge in [-0.25, -0.2) is 4.98 Å². The predicted octanol–water partition coefficient (Wildman–Crippen LogP) is 5.77. The Hall–Kier alpha value is -2.82. The molecule has 4 rings (SSSR count). The number of halogens is 1. The third kappa shape index (κ3) is 3.61. The average molecular weight is 391 g/mol. The van der Waals surface area contributed by atoms with E-state index < -0.39 is 0 Å². The van der Waals surface area contributed by atoms with Crippen LogP contribution >= 0.6 is 11.6 Å². The number of nitrogens with two attached hydrogens (primary N) is 1. The van der Waals surface area contributed by atoms with Crippen LogP contribution < -0.4 is 16.4 Å². The first-order valence-corrected chi connectivity index (χ1v) is 9.74. The van der Waals surface area contributed by atoms with E-state index in [9.17, 15) is 0 Å². The van der Waals surface area contributed by atoms with E-state index >= 15 is 0 Å². The zero-order valence-corrected chi connectivity index (χ0v) is 16.8. The minimum atomic E-state index is 0.548. The molecule has 0 saturated carbocycles. The van der Waals surface area contributed by atoms with Gasteiger partial charge in [0.05, 0.1) is 16.7 Å². The molecule has 0 saturated heterocycles. The smallest absolute Gasteiger partial charge is 0.0732 e. The second-order valence-corrected chi connectivity index (χ2v) is 7.46. The molecule has 28 heavy (non-hydrogen) atoms. The lowest BCUT2D eigenvalue weighted by atomic mass is 10.1. The largest absolute Gasteiger partial charge is 0.383 e. The quantitative estimate of drug-likeness (QED) is 0.378. The maximum atomic E-state index is 6.25. The van der Waals surface area contributed by atoms with Crippen LogP contribution in [0.5, 0.6) is 0 Å². The Morgan fingerprint density at radius 3 is 2.29 bits per heavy atom. The van der Waals surface area contributed by atoms with Crippen LogP contribution in [0.3, 0.4) is 0 Å². The highest BCUT2D eigenvalue weighted by Gasteiger charge is 2.11. The number of nitrogens with one attached hydrogen (secondary N) is 2. The highest BCUT2D eigenvalue weighted by Crippen LogP contribution is 2.34. The number of benzene rings is 3. The second kappa shape index (κ2) is 7.66. The van der Waals surface area contributed by atoms with Crippen molar-refractivity contribution in [2.45, 2.75) is 13.8 Å². The third-order valence-electron chi connectivity index (χ3n) is 4.98.